The van der Waals surface area contributed by atoms with Gasteiger partial charge in [-0.05, 0) is 42.8 Å². The van der Waals surface area contributed by atoms with Gasteiger partial charge in [-0.25, -0.2) is 9.37 Å². The maximum Gasteiger partial charge on any atom is 0.226 e. The summed E-state index contributed by atoms with van der Waals surface area (Å²) in [7, 11) is 1.62. The van der Waals surface area contributed by atoms with Crippen molar-refractivity contribution >= 4 is 23.1 Å². The number of rotatable bonds is 7. The minimum atomic E-state index is -0.330. The van der Waals surface area contributed by atoms with Gasteiger partial charge in [0.05, 0.1) is 13.3 Å². The highest BCUT2D eigenvalue weighted by molar-refractivity contribution is 5.92. The number of nitrogens with one attached hydrogen (secondary N) is 2. The van der Waals surface area contributed by atoms with Crippen LogP contribution in [-0.2, 0) is 4.79 Å². The summed E-state index contributed by atoms with van der Waals surface area (Å²) in [6.45, 7) is 2.13. The van der Waals surface area contributed by atoms with Gasteiger partial charge in [0.25, 0.3) is 0 Å². The molecule has 2 N–H and O–H groups in total. The number of carbonyl (C=O) groups excluding carboxylic acids is 1. The highest BCUT2D eigenvalue weighted by atomic mass is 19.1. The highest BCUT2D eigenvalue weighted by Gasteiger charge is 2.17. The lowest BCUT2D eigenvalue weighted by molar-refractivity contribution is -0.115. The summed E-state index contributed by atoms with van der Waals surface area (Å²) in [6.07, 6.45) is 5.38. The van der Waals surface area contributed by atoms with Gasteiger partial charge < -0.3 is 15.4 Å². The predicted molar refractivity (Wildman–Crippen MR) is 118 cm³/mol. The number of carbonyl (C=O) groups is 1. The first kappa shape index (κ1) is 20.3. The Bertz CT molecular complexity index is 1240. The molecule has 0 atom stereocenters. The summed E-state index contributed by atoms with van der Waals surface area (Å²) in [6, 6.07) is 11.9. The zero-order valence-corrected chi connectivity index (χ0v) is 17.2. The second kappa shape index (κ2) is 8.83. The van der Waals surface area contributed by atoms with Crippen molar-refractivity contribution in [1.29, 1.82) is 0 Å². The van der Waals surface area contributed by atoms with Crippen LogP contribution in [0.5, 0.6) is 5.75 Å². The van der Waals surface area contributed by atoms with Gasteiger partial charge in [0.15, 0.2) is 5.65 Å². The Hall–Kier alpha value is -3.94. The van der Waals surface area contributed by atoms with Crippen molar-refractivity contribution in [3.63, 3.8) is 0 Å². The zero-order valence-electron chi connectivity index (χ0n) is 17.2. The van der Waals surface area contributed by atoms with Gasteiger partial charge in [-0.3, -0.25) is 14.2 Å². The Balaban J connectivity index is 1.53. The van der Waals surface area contributed by atoms with Crippen LogP contribution in [0.2, 0.25) is 0 Å². The number of aromatic nitrogens is 3. The van der Waals surface area contributed by atoms with E-state index in [1.165, 1.54) is 12.1 Å². The number of ether oxygens (including phenoxy) is 1. The van der Waals surface area contributed by atoms with E-state index in [-0.39, 0.29) is 18.1 Å². The van der Waals surface area contributed by atoms with Crippen LogP contribution in [0.25, 0.3) is 16.9 Å². The SMILES string of the molecule is COc1ccccc1-c1nc2cnccn2c1NCCC(=O)Nc1ccc(F)cc1C. The topological polar surface area (TPSA) is 80.6 Å². The summed E-state index contributed by atoms with van der Waals surface area (Å²) in [5.74, 6) is 0.943. The van der Waals surface area contributed by atoms with E-state index < -0.39 is 0 Å². The van der Waals surface area contributed by atoms with Crippen LogP contribution in [0.4, 0.5) is 15.9 Å². The van der Waals surface area contributed by atoms with E-state index in [0.717, 1.165) is 11.4 Å². The molecule has 0 aliphatic carbocycles. The van der Waals surface area contributed by atoms with Gasteiger partial charge in [-0.2, -0.15) is 0 Å². The summed E-state index contributed by atoms with van der Waals surface area (Å²) in [5, 5.41) is 6.14. The van der Waals surface area contributed by atoms with Crippen molar-refractivity contribution in [2.45, 2.75) is 13.3 Å². The van der Waals surface area contributed by atoms with Crippen molar-refractivity contribution in [2.24, 2.45) is 0 Å². The number of nitrogens with zero attached hydrogens (tertiary/aromatic N) is 3. The number of imidazole rings is 1. The van der Waals surface area contributed by atoms with Gasteiger partial charge >= 0.3 is 0 Å². The summed E-state index contributed by atoms with van der Waals surface area (Å²) >= 11 is 0. The molecule has 7 nitrogen and oxygen atoms in total. The monoisotopic (exact) mass is 419 g/mol. The van der Waals surface area contributed by atoms with Crippen molar-refractivity contribution in [3.05, 3.63) is 72.4 Å². The molecule has 0 unspecified atom stereocenters. The van der Waals surface area contributed by atoms with Crippen LogP contribution in [0, 0.1) is 12.7 Å². The number of hydrogen-bond donors (Lipinski definition) is 2. The van der Waals surface area contributed by atoms with E-state index in [9.17, 15) is 9.18 Å². The third-order valence-corrected chi connectivity index (χ3v) is 4.90. The number of aryl methyl sites for hydroxylation is 1. The van der Waals surface area contributed by atoms with Crippen LogP contribution in [-0.4, -0.2) is 33.9 Å². The fourth-order valence-electron chi connectivity index (χ4n) is 3.38. The molecule has 0 bridgehead atoms. The van der Waals surface area contributed by atoms with Crippen molar-refractivity contribution in [2.75, 3.05) is 24.3 Å². The molecule has 31 heavy (non-hydrogen) atoms. The van der Waals surface area contributed by atoms with E-state index in [1.54, 1.807) is 32.5 Å². The van der Waals surface area contributed by atoms with Crippen molar-refractivity contribution < 1.29 is 13.9 Å². The molecule has 0 fully saturated rings. The molecule has 4 rings (SSSR count). The Kier molecular flexibility index (Phi) is 5.79. The lowest BCUT2D eigenvalue weighted by Gasteiger charge is -2.12. The Morgan fingerprint density at radius 2 is 2.06 bits per heavy atom. The third kappa shape index (κ3) is 4.32. The smallest absolute Gasteiger partial charge is 0.226 e. The van der Waals surface area contributed by atoms with E-state index in [2.05, 4.69) is 15.6 Å². The molecule has 0 aliphatic heterocycles. The summed E-state index contributed by atoms with van der Waals surface area (Å²) in [5.41, 5.74) is 3.50. The third-order valence-electron chi connectivity index (χ3n) is 4.90. The zero-order chi connectivity index (χ0) is 21.8. The number of anilines is 2. The van der Waals surface area contributed by atoms with Crippen molar-refractivity contribution in [3.8, 4) is 17.0 Å². The number of para-hydroxylation sites is 1. The number of amides is 1. The molecule has 0 saturated carbocycles. The summed E-state index contributed by atoms with van der Waals surface area (Å²) in [4.78, 5) is 21.2. The molecule has 0 saturated heterocycles. The maximum atomic E-state index is 13.3. The Labute approximate surface area is 178 Å². The van der Waals surface area contributed by atoms with E-state index in [4.69, 9.17) is 9.72 Å². The molecule has 2 aromatic heterocycles. The average Bonchev–Trinajstić information content (AvgIpc) is 3.14. The Morgan fingerprint density at radius 1 is 1.23 bits per heavy atom. The minimum absolute atomic E-state index is 0.170. The molecule has 158 valence electrons. The lowest BCUT2D eigenvalue weighted by Crippen LogP contribution is -2.17. The van der Waals surface area contributed by atoms with Gasteiger partial charge in [-0.1, -0.05) is 12.1 Å². The molecule has 0 spiro atoms. The van der Waals surface area contributed by atoms with Crippen LogP contribution in [0.1, 0.15) is 12.0 Å². The number of hydrogen-bond acceptors (Lipinski definition) is 5. The molecular formula is C23H22FN5O2. The number of benzene rings is 2. The lowest BCUT2D eigenvalue weighted by atomic mass is 10.1. The minimum Gasteiger partial charge on any atom is -0.496 e. The van der Waals surface area contributed by atoms with Crippen LogP contribution >= 0.6 is 0 Å². The maximum absolute atomic E-state index is 13.3. The van der Waals surface area contributed by atoms with Crippen LogP contribution in [0.3, 0.4) is 0 Å². The van der Waals surface area contributed by atoms with Crippen molar-refractivity contribution in [1.82, 2.24) is 14.4 Å². The molecule has 0 aliphatic rings. The first-order valence-electron chi connectivity index (χ1n) is 9.82. The van der Waals surface area contributed by atoms with Crippen LogP contribution in [0.15, 0.2) is 61.1 Å². The quantitative estimate of drug-likeness (QED) is 0.467. The standard InChI is InChI=1S/C23H22FN5O2/c1-15-13-16(24)7-8-18(15)27-21(30)9-10-26-23-22(17-5-3-4-6-19(17)31-2)28-20-14-25-11-12-29(20)23/h3-8,11-14,26H,9-10H2,1-2H3,(H,27,30). The predicted octanol–water partition coefficient (Wildman–Crippen LogP) is 4.29. The fraction of sp³-hybridized carbons (Fsp3) is 0.174. The second-order valence-electron chi connectivity index (χ2n) is 7.00. The first-order chi connectivity index (χ1) is 15.1. The van der Waals surface area contributed by atoms with E-state index in [0.29, 0.717) is 34.9 Å². The second-order valence-corrected chi connectivity index (χ2v) is 7.00. The van der Waals surface area contributed by atoms with Gasteiger partial charge in [0, 0.05) is 36.6 Å². The van der Waals surface area contributed by atoms with E-state index in [1.807, 2.05) is 34.9 Å². The average molecular weight is 419 g/mol. The van der Waals surface area contributed by atoms with E-state index >= 15 is 0 Å². The Morgan fingerprint density at radius 3 is 2.87 bits per heavy atom. The van der Waals surface area contributed by atoms with Crippen LogP contribution < -0.4 is 15.4 Å². The largest absolute Gasteiger partial charge is 0.496 e. The number of methoxy groups -OCH3 is 1. The van der Waals surface area contributed by atoms with Gasteiger partial charge in [-0.15, -0.1) is 0 Å². The molecule has 2 aromatic carbocycles. The first-order valence-corrected chi connectivity index (χ1v) is 9.82. The highest BCUT2D eigenvalue weighted by Crippen LogP contribution is 2.34. The fourth-order valence-corrected chi connectivity index (χ4v) is 3.38. The normalized spacial score (nSPS) is 10.8. The molecule has 1 amide bonds. The number of halogens is 1. The molecule has 2 heterocycles. The number of fused-ring (bicyclic) bond motifs is 1. The molecular weight excluding hydrogens is 397 g/mol. The molecule has 4 aromatic rings. The van der Waals surface area contributed by atoms with Gasteiger partial charge in [0.2, 0.25) is 5.91 Å². The van der Waals surface area contributed by atoms with Gasteiger partial charge in [0.1, 0.15) is 23.1 Å². The molecule has 8 heteroatoms. The molecule has 0 radical (unpaired) electrons. The summed E-state index contributed by atoms with van der Waals surface area (Å²) < 4.78 is 20.6.